The van der Waals surface area contributed by atoms with Gasteiger partial charge in [0.2, 0.25) is 6.79 Å². The maximum Gasteiger partial charge on any atom is 0.323 e. The predicted molar refractivity (Wildman–Crippen MR) is 185 cm³/mol. The molecule has 2 heterocycles. The number of carbonyl (C=O) groups is 2. The number of likely N-dealkylation sites (N-methyl/N-ethyl adjacent to an activating group) is 1. The minimum Gasteiger partial charge on any atom is -0.490 e. The molecule has 11 heteroatoms. The molecule has 0 spiro atoms. The zero-order chi connectivity index (χ0) is 34.0. The Kier molecular flexibility index (Phi) is 12.2. The number of benzene rings is 3. The van der Waals surface area contributed by atoms with Crippen LogP contribution in [0.25, 0.3) is 0 Å². The standard InChI is InChI=1S/C37H48N4O7/c1-25-20-41(26(2)23-42)36(43)31-18-29(38-37(44)39-30-14-16-33-34(19-30)47-24-46-33)13-15-32(31)48-27(3)10-8-9-17-45-35(25)22-40(4)21-28-11-6-5-7-12-28/h5-7,11-16,18-19,25-27,35,42H,8-10,17,20-24H2,1-4H3,(H2,38,39,44)/t25-,26-,27-,35-/m1/s1. The number of carbonyl (C=O) groups excluding carboxylic acids is 2. The number of urea groups is 1. The van der Waals surface area contributed by atoms with E-state index in [0.717, 1.165) is 25.8 Å². The van der Waals surface area contributed by atoms with Crippen LogP contribution in [0.4, 0.5) is 16.2 Å². The van der Waals surface area contributed by atoms with Gasteiger partial charge in [-0.3, -0.25) is 9.69 Å². The fourth-order valence-electron chi connectivity index (χ4n) is 6.00. The van der Waals surface area contributed by atoms with Crippen molar-refractivity contribution < 1.29 is 33.6 Å². The fourth-order valence-corrected chi connectivity index (χ4v) is 6.00. The van der Waals surface area contributed by atoms with E-state index in [1.807, 2.05) is 32.0 Å². The minimum atomic E-state index is -0.481. The van der Waals surface area contributed by atoms with Crippen LogP contribution >= 0.6 is 0 Å². The lowest BCUT2D eigenvalue weighted by atomic mass is 10.0. The summed E-state index contributed by atoms with van der Waals surface area (Å²) in [5, 5.41) is 15.9. The lowest BCUT2D eigenvalue weighted by Crippen LogP contribution is -2.47. The van der Waals surface area contributed by atoms with Gasteiger partial charge in [-0.25, -0.2) is 4.79 Å². The molecule has 2 aliphatic rings. The molecule has 5 rings (SSSR count). The van der Waals surface area contributed by atoms with Gasteiger partial charge in [0, 0.05) is 49.6 Å². The molecular formula is C37H48N4O7. The number of aliphatic hydroxyl groups excluding tert-OH is 1. The Morgan fingerprint density at radius 1 is 0.979 bits per heavy atom. The van der Waals surface area contributed by atoms with E-state index in [9.17, 15) is 14.7 Å². The summed E-state index contributed by atoms with van der Waals surface area (Å²) in [5.41, 5.74) is 2.49. The van der Waals surface area contributed by atoms with E-state index in [-0.39, 0.29) is 37.4 Å². The normalized spacial score (nSPS) is 20.8. The first kappa shape index (κ1) is 35.0. The van der Waals surface area contributed by atoms with Crippen molar-refractivity contribution in [2.75, 3.05) is 50.8 Å². The molecule has 0 unspecified atom stereocenters. The second kappa shape index (κ2) is 16.7. The number of nitrogens with one attached hydrogen (secondary N) is 2. The largest absolute Gasteiger partial charge is 0.490 e. The summed E-state index contributed by atoms with van der Waals surface area (Å²) in [6, 6.07) is 19.6. The summed E-state index contributed by atoms with van der Waals surface area (Å²) >= 11 is 0. The first-order valence-electron chi connectivity index (χ1n) is 16.7. The molecule has 0 saturated carbocycles. The number of amides is 3. The highest BCUT2D eigenvalue weighted by molar-refractivity contribution is 6.02. The van der Waals surface area contributed by atoms with Crippen molar-refractivity contribution in [1.29, 1.82) is 0 Å². The van der Waals surface area contributed by atoms with Crippen LogP contribution in [0.3, 0.4) is 0 Å². The Bertz CT molecular complexity index is 1520. The van der Waals surface area contributed by atoms with Gasteiger partial charge in [-0.05, 0) is 76.1 Å². The van der Waals surface area contributed by atoms with E-state index in [4.69, 9.17) is 18.9 Å². The van der Waals surface area contributed by atoms with Gasteiger partial charge in [-0.15, -0.1) is 0 Å². The van der Waals surface area contributed by atoms with Crippen molar-refractivity contribution in [2.45, 2.75) is 64.8 Å². The Labute approximate surface area is 283 Å². The van der Waals surface area contributed by atoms with Crippen LogP contribution in [-0.2, 0) is 11.3 Å². The third kappa shape index (κ3) is 9.40. The van der Waals surface area contributed by atoms with Crippen molar-refractivity contribution >= 4 is 23.3 Å². The molecule has 4 atom stereocenters. The Morgan fingerprint density at radius 2 is 1.69 bits per heavy atom. The highest BCUT2D eigenvalue weighted by Gasteiger charge is 2.30. The van der Waals surface area contributed by atoms with E-state index in [1.165, 1.54) is 5.56 Å². The van der Waals surface area contributed by atoms with E-state index < -0.39 is 12.1 Å². The van der Waals surface area contributed by atoms with Crippen LogP contribution in [-0.4, -0.2) is 85.2 Å². The molecule has 11 nitrogen and oxygen atoms in total. The molecule has 0 saturated heterocycles. The molecule has 3 amide bonds. The van der Waals surface area contributed by atoms with Gasteiger partial charge in [-0.2, -0.15) is 0 Å². The Balaban J connectivity index is 1.36. The molecule has 0 radical (unpaired) electrons. The Hall–Kier alpha value is -4.32. The van der Waals surface area contributed by atoms with E-state index >= 15 is 0 Å². The van der Waals surface area contributed by atoms with E-state index in [2.05, 4.69) is 41.6 Å². The highest BCUT2D eigenvalue weighted by atomic mass is 16.7. The summed E-state index contributed by atoms with van der Waals surface area (Å²) in [5.74, 6) is 1.27. The number of ether oxygens (including phenoxy) is 4. The second-order valence-electron chi connectivity index (χ2n) is 12.8. The first-order valence-corrected chi connectivity index (χ1v) is 16.7. The fraction of sp³-hybridized carbons (Fsp3) is 0.459. The molecule has 0 fully saturated rings. The number of hydrogen-bond acceptors (Lipinski definition) is 8. The summed E-state index contributed by atoms with van der Waals surface area (Å²) in [4.78, 5) is 31.3. The third-order valence-electron chi connectivity index (χ3n) is 8.73. The number of nitrogens with zero attached hydrogens (tertiary/aromatic N) is 2. The van der Waals surface area contributed by atoms with Crippen LogP contribution in [0.15, 0.2) is 66.7 Å². The van der Waals surface area contributed by atoms with Crippen molar-refractivity contribution in [3.63, 3.8) is 0 Å². The first-order chi connectivity index (χ1) is 23.2. The maximum atomic E-state index is 14.4. The second-order valence-corrected chi connectivity index (χ2v) is 12.8. The van der Waals surface area contributed by atoms with Crippen LogP contribution < -0.4 is 24.8 Å². The molecule has 3 aromatic rings. The number of aliphatic hydroxyl groups is 1. The predicted octanol–water partition coefficient (Wildman–Crippen LogP) is 5.99. The number of fused-ring (bicyclic) bond motifs is 2. The number of hydrogen-bond donors (Lipinski definition) is 3. The van der Waals surface area contributed by atoms with Gasteiger partial charge in [0.15, 0.2) is 11.5 Å². The average Bonchev–Trinajstić information content (AvgIpc) is 3.54. The SMILES string of the molecule is C[C@@H]1CCCCO[C@H](CN(C)Cc2ccccc2)[C@H](C)CN([C@H](C)CO)C(=O)c2cc(NC(=O)Nc3ccc4c(c3)OCO4)ccc2O1. The zero-order valence-corrected chi connectivity index (χ0v) is 28.3. The summed E-state index contributed by atoms with van der Waals surface area (Å²) in [6.45, 7) is 8.29. The molecular weight excluding hydrogens is 612 g/mol. The quantitative estimate of drug-likeness (QED) is 0.270. The molecule has 0 bridgehead atoms. The van der Waals surface area contributed by atoms with Gasteiger partial charge >= 0.3 is 6.03 Å². The van der Waals surface area contributed by atoms with E-state index in [1.54, 1.807) is 41.3 Å². The van der Waals surface area contributed by atoms with Crippen molar-refractivity contribution in [1.82, 2.24) is 9.80 Å². The van der Waals surface area contributed by atoms with Crippen LogP contribution in [0, 0.1) is 5.92 Å². The molecule has 258 valence electrons. The highest BCUT2D eigenvalue weighted by Crippen LogP contribution is 2.34. The molecule has 2 aliphatic heterocycles. The lowest BCUT2D eigenvalue weighted by Gasteiger charge is -2.36. The molecule has 0 aromatic heterocycles. The minimum absolute atomic E-state index is 0.0406. The topological polar surface area (TPSA) is 122 Å². The smallest absolute Gasteiger partial charge is 0.323 e. The van der Waals surface area contributed by atoms with Crippen LogP contribution in [0.5, 0.6) is 17.2 Å². The molecule has 0 aliphatic carbocycles. The van der Waals surface area contributed by atoms with Crippen LogP contribution in [0.1, 0.15) is 56.0 Å². The maximum absolute atomic E-state index is 14.4. The van der Waals surface area contributed by atoms with Crippen molar-refractivity contribution in [3.8, 4) is 17.2 Å². The average molecular weight is 661 g/mol. The number of rotatable bonds is 8. The lowest BCUT2D eigenvalue weighted by molar-refractivity contribution is -0.0177. The van der Waals surface area contributed by atoms with Gasteiger partial charge in [0.25, 0.3) is 5.91 Å². The van der Waals surface area contributed by atoms with Gasteiger partial charge in [0.05, 0.1) is 30.4 Å². The zero-order valence-electron chi connectivity index (χ0n) is 28.3. The summed E-state index contributed by atoms with van der Waals surface area (Å²) in [7, 11) is 2.08. The molecule has 3 aromatic carbocycles. The van der Waals surface area contributed by atoms with Crippen molar-refractivity contribution in [3.05, 3.63) is 77.9 Å². The van der Waals surface area contributed by atoms with E-state index in [0.29, 0.717) is 53.9 Å². The van der Waals surface area contributed by atoms with Gasteiger partial charge in [-0.1, -0.05) is 37.3 Å². The van der Waals surface area contributed by atoms with Crippen molar-refractivity contribution in [2.24, 2.45) is 5.92 Å². The van der Waals surface area contributed by atoms with Gasteiger partial charge in [0.1, 0.15) is 5.75 Å². The molecule has 3 N–H and O–H groups in total. The van der Waals surface area contributed by atoms with Crippen LogP contribution in [0.2, 0.25) is 0 Å². The Morgan fingerprint density at radius 3 is 2.44 bits per heavy atom. The third-order valence-corrected chi connectivity index (χ3v) is 8.73. The summed E-state index contributed by atoms with van der Waals surface area (Å²) < 4.78 is 23.6. The van der Waals surface area contributed by atoms with Gasteiger partial charge < -0.3 is 39.6 Å². The summed E-state index contributed by atoms with van der Waals surface area (Å²) in [6.07, 6.45) is 2.31. The monoisotopic (exact) mass is 660 g/mol. The molecule has 48 heavy (non-hydrogen) atoms. The number of anilines is 2.